The minimum absolute atomic E-state index is 0.113. The van der Waals surface area contributed by atoms with Crippen LogP contribution in [-0.2, 0) is 16.1 Å². The molecule has 0 radical (unpaired) electrons. The molecule has 1 unspecified atom stereocenters. The van der Waals surface area contributed by atoms with Gasteiger partial charge in [0, 0.05) is 16.8 Å². The first kappa shape index (κ1) is 25.0. The van der Waals surface area contributed by atoms with Gasteiger partial charge in [0.1, 0.15) is 23.9 Å². The SMILES string of the molecule is CCC(C)(C)NC(=O)C(c1ccccc1F)N(C(=O)Cn1nnc2ccccc21)c1ccccc1C. The Kier molecular flexibility index (Phi) is 7.15. The lowest BCUT2D eigenvalue weighted by Crippen LogP contribution is -2.51. The van der Waals surface area contributed by atoms with Crippen LogP contribution < -0.4 is 10.2 Å². The molecule has 0 aliphatic rings. The second-order valence-corrected chi connectivity index (χ2v) is 9.44. The lowest BCUT2D eigenvalue weighted by molar-refractivity contribution is -0.128. The maximum absolute atomic E-state index is 15.2. The minimum Gasteiger partial charge on any atom is -0.349 e. The average molecular weight is 488 g/mol. The van der Waals surface area contributed by atoms with Crippen LogP contribution in [0.4, 0.5) is 10.1 Å². The standard InChI is InChI=1S/C28H30FN5O2/c1-5-28(3,4)30-27(36)26(20-13-7-8-14-21(20)29)34(23-16-10-6-12-19(23)2)25(35)18-33-24-17-11-9-15-22(24)31-32-33/h6-17,26H,5,18H2,1-4H3,(H,30,36). The number of carbonyl (C=O) groups is 2. The van der Waals surface area contributed by atoms with Crippen molar-refractivity contribution in [3.05, 3.63) is 89.7 Å². The van der Waals surface area contributed by atoms with E-state index in [4.69, 9.17) is 0 Å². The van der Waals surface area contributed by atoms with Gasteiger partial charge >= 0.3 is 0 Å². The number of aromatic nitrogens is 3. The van der Waals surface area contributed by atoms with Gasteiger partial charge in [-0.25, -0.2) is 9.07 Å². The van der Waals surface area contributed by atoms with Crippen LogP contribution in [0.2, 0.25) is 0 Å². The van der Waals surface area contributed by atoms with Crippen LogP contribution in [0.25, 0.3) is 11.0 Å². The first-order valence-corrected chi connectivity index (χ1v) is 11.9. The van der Waals surface area contributed by atoms with Gasteiger partial charge in [-0.3, -0.25) is 14.5 Å². The number of carbonyl (C=O) groups excluding carboxylic acids is 2. The second kappa shape index (κ2) is 10.3. The first-order chi connectivity index (χ1) is 17.2. The molecule has 186 valence electrons. The zero-order valence-electron chi connectivity index (χ0n) is 20.9. The summed E-state index contributed by atoms with van der Waals surface area (Å²) < 4.78 is 16.7. The Labute approximate surface area is 209 Å². The third-order valence-corrected chi connectivity index (χ3v) is 6.40. The summed E-state index contributed by atoms with van der Waals surface area (Å²) >= 11 is 0. The molecule has 1 aromatic heterocycles. The molecule has 0 bridgehead atoms. The third-order valence-electron chi connectivity index (χ3n) is 6.40. The number of para-hydroxylation sites is 2. The van der Waals surface area contributed by atoms with Crippen LogP contribution in [0.5, 0.6) is 0 Å². The molecule has 0 saturated heterocycles. The van der Waals surface area contributed by atoms with E-state index in [-0.39, 0.29) is 12.1 Å². The molecule has 1 N–H and O–H groups in total. The van der Waals surface area contributed by atoms with Crippen LogP contribution in [0.3, 0.4) is 0 Å². The van der Waals surface area contributed by atoms with Crippen molar-refractivity contribution in [1.29, 1.82) is 0 Å². The van der Waals surface area contributed by atoms with E-state index < -0.39 is 29.2 Å². The predicted molar refractivity (Wildman–Crippen MR) is 138 cm³/mol. The van der Waals surface area contributed by atoms with Gasteiger partial charge in [0.2, 0.25) is 11.8 Å². The fourth-order valence-electron chi connectivity index (χ4n) is 4.07. The van der Waals surface area contributed by atoms with Gasteiger partial charge < -0.3 is 5.32 Å². The number of hydrogen-bond donors (Lipinski definition) is 1. The summed E-state index contributed by atoms with van der Waals surface area (Å²) in [4.78, 5) is 29.2. The van der Waals surface area contributed by atoms with E-state index >= 15 is 4.39 Å². The van der Waals surface area contributed by atoms with Crippen molar-refractivity contribution < 1.29 is 14.0 Å². The van der Waals surface area contributed by atoms with Gasteiger partial charge in [-0.15, -0.1) is 5.10 Å². The van der Waals surface area contributed by atoms with Gasteiger partial charge in [-0.2, -0.15) is 0 Å². The van der Waals surface area contributed by atoms with Crippen LogP contribution >= 0.6 is 0 Å². The zero-order chi connectivity index (χ0) is 25.9. The summed E-state index contributed by atoms with van der Waals surface area (Å²) in [6, 6.07) is 19.4. The molecule has 36 heavy (non-hydrogen) atoms. The van der Waals surface area contributed by atoms with Gasteiger partial charge in [-0.1, -0.05) is 60.7 Å². The average Bonchev–Trinajstić information content (AvgIpc) is 3.26. The number of anilines is 1. The van der Waals surface area contributed by atoms with Crippen molar-refractivity contribution in [2.75, 3.05) is 4.90 Å². The molecule has 4 rings (SSSR count). The smallest absolute Gasteiger partial charge is 0.249 e. The van der Waals surface area contributed by atoms with E-state index in [1.165, 1.54) is 15.6 Å². The molecule has 0 saturated carbocycles. The summed E-state index contributed by atoms with van der Waals surface area (Å²) in [5.41, 5.74) is 2.20. The maximum atomic E-state index is 15.2. The normalized spacial score (nSPS) is 12.4. The molecule has 3 aromatic carbocycles. The molecule has 4 aromatic rings. The van der Waals surface area contributed by atoms with Gasteiger partial charge in [0.05, 0.1) is 5.52 Å². The largest absolute Gasteiger partial charge is 0.349 e. The van der Waals surface area contributed by atoms with Crippen molar-refractivity contribution >= 4 is 28.5 Å². The Hall–Kier alpha value is -4.07. The van der Waals surface area contributed by atoms with Crippen molar-refractivity contribution in [2.45, 2.75) is 52.2 Å². The molecule has 0 aliphatic heterocycles. The number of nitrogens with zero attached hydrogens (tertiary/aromatic N) is 4. The summed E-state index contributed by atoms with van der Waals surface area (Å²) in [5.74, 6) is -1.45. The summed E-state index contributed by atoms with van der Waals surface area (Å²) in [7, 11) is 0. The number of halogens is 1. The van der Waals surface area contributed by atoms with Crippen LogP contribution in [0, 0.1) is 12.7 Å². The van der Waals surface area contributed by atoms with Crippen molar-refractivity contribution in [3.8, 4) is 0 Å². The van der Waals surface area contributed by atoms with Crippen LogP contribution in [0.15, 0.2) is 72.8 Å². The molecule has 8 heteroatoms. The maximum Gasteiger partial charge on any atom is 0.249 e. The topological polar surface area (TPSA) is 80.1 Å². The Bertz CT molecular complexity index is 1400. The van der Waals surface area contributed by atoms with E-state index in [1.54, 1.807) is 30.3 Å². The van der Waals surface area contributed by atoms with Crippen LogP contribution in [-0.4, -0.2) is 32.3 Å². The lowest BCUT2D eigenvalue weighted by atomic mass is 9.97. The number of benzene rings is 3. The van der Waals surface area contributed by atoms with Gasteiger partial charge in [-0.05, 0) is 57.0 Å². The number of aryl methyl sites for hydroxylation is 1. The monoisotopic (exact) mass is 487 g/mol. The Morgan fingerprint density at radius 3 is 2.42 bits per heavy atom. The quantitative estimate of drug-likeness (QED) is 0.381. The van der Waals surface area contributed by atoms with E-state index in [1.807, 2.05) is 64.1 Å². The van der Waals surface area contributed by atoms with E-state index in [0.29, 0.717) is 23.1 Å². The highest BCUT2D eigenvalue weighted by Gasteiger charge is 2.37. The van der Waals surface area contributed by atoms with E-state index in [2.05, 4.69) is 15.6 Å². The molecule has 2 amide bonds. The number of fused-ring (bicyclic) bond motifs is 1. The highest BCUT2D eigenvalue weighted by molar-refractivity contribution is 6.02. The Morgan fingerprint density at radius 1 is 1.03 bits per heavy atom. The minimum atomic E-state index is -1.24. The number of rotatable bonds is 8. The first-order valence-electron chi connectivity index (χ1n) is 11.9. The summed E-state index contributed by atoms with van der Waals surface area (Å²) in [5, 5.41) is 11.3. The molecular formula is C28H30FN5O2. The highest BCUT2D eigenvalue weighted by Crippen LogP contribution is 2.32. The van der Waals surface area contributed by atoms with E-state index in [0.717, 1.165) is 5.56 Å². The van der Waals surface area contributed by atoms with Gasteiger partial charge in [0.25, 0.3) is 0 Å². The molecular weight excluding hydrogens is 457 g/mol. The molecule has 0 aliphatic carbocycles. The molecule has 1 atom stereocenters. The summed E-state index contributed by atoms with van der Waals surface area (Å²) in [6.07, 6.45) is 0.659. The lowest BCUT2D eigenvalue weighted by Gasteiger charge is -2.35. The predicted octanol–water partition coefficient (Wildman–Crippen LogP) is 4.96. The van der Waals surface area contributed by atoms with E-state index in [9.17, 15) is 9.59 Å². The van der Waals surface area contributed by atoms with Crippen molar-refractivity contribution in [3.63, 3.8) is 0 Å². The van der Waals surface area contributed by atoms with Crippen LogP contribution in [0.1, 0.15) is 44.4 Å². The number of hydrogen-bond acceptors (Lipinski definition) is 4. The van der Waals surface area contributed by atoms with Gasteiger partial charge in [0.15, 0.2) is 0 Å². The van der Waals surface area contributed by atoms with Crippen molar-refractivity contribution in [1.82, 2.24) is 20.3 Å². The number of nitrogens with one attached hydrogen (secondary N) is 1. The molecule has 0 fully saturated rings. The zero-order valence-corrected chi connectivity index (χ0v) is 20.9. The molecule has 7 nitrogen and oxygen atoms in total. The van der Waals surface area contributed by atoms with Crippen molar-refractivity contribution in [2.24, 2.45) is 0 Å². The molecule has 1 heterocycles. The molecule has 0 spiro atoms. The second-order valence-electron chi connectivity index (χ2n) is 9.44. The fraction of sp³-hybridized carbons (Fsp3) is 0.286. The third kappa shape index (κ3) is 5.12. The Balaban J connectivity index is 1.85. The fourth-order valence-corrected chi connectivity index (χ4v) is 4.07. The Morgan fingerprint density at radius 2 is 1.69 bits per heavy atom. The highest BCUT2D eigenvalue weighted by atomic mass is 19.1. The summed E-state index contributed by atoms with van der Waals surface area (Å²) in [6.45, 7) is 7.42. The number of amides is 2.